The van der Waals surface area contributed by atoms with Crippen molar-refractivity contribution in [1.82, 2.24) is 14.8 Å². The van der Waals surface area contributed by atoms with Crippen LogP contribution in [0.3, 0.4) is 0 Å². The fraction of sp³-hybridized carbons (Fsp3) is 0.273. The van der Waals surface area contributed by atoms with Crippen LogP contribution in [0.2, 0.25) is 5.02 Å². The minimum Gasteiger partial charge on any atom is -0.308 e. The van der Waals surface area contributed by atoms with Gasteiger partial charge in [0.2, 0.25) is 5.91 Å². The molecule has 7 nitrogen and oxygen atoms in total. The van der Waals surface area contributed by atoms with Crippen molar-refractivity contribution in [3.05, 3.63) is 58.1 Å². The number of aryl methyl sites for hydroxylation is 1. The summed E-state index contributed by atoms with van der Waals surface area (Å²) in [5.41, 5.74) is 2.36. The first kappa shape index (κ1) is 21.4. The molecular weight excluding hydrogens is 436 g/mol. The molecule has 1 aliphatic rings. The predicted octanol–water partition coefficient (Wildman–Crippen LogP) is 3.45. The Morgan fingerprint density at radius 3 is 2.35 bits per heavy atom. The Balaban J connectivity index is 1.64. The Bertz CT molecular complexity index is 1170. The molecule has 0 N–H and O–H groups in total. The number of carbonyl (C=O) groups is 3. The van der Waals surface area contributed by atoms with Crippen molar-refractivity contribution in [2.75, 3.05) is 38.6 Å². The van der Waals surface area contributed by atoms with Crippen LogP contribution in [0.25, 0.3) is 10.2 Å². The predicted molar refractivity (Wildman–Crippen MR) is 122 cm³/mol. The van der Waals surface area contributed by atoms with E-state index in [1.807, 2.05) is 38.1 Å². The van der Waals surface area contributed by atoms with E-state index in [2.05, 4.69) is 4.98 Å². The van der Waals surface area contributed by atoms with Gasteiger partial charge in [-0.15, -0.1) is 0 Å². The summed E-state index contributed by atoms with van der Waals surface area (Å²) in [5, 5.41) is 1.13. The first-order valence-electron chi connectivity index (χ1n) is 9.73. The summed E-state index contributed by atoms with van der Waals surface area (Å²) in [7, 11) is 3.82. The van der Waals surface area contributed by atoms with Crippen LogP contribution in [0.5, 0.6) is 0 Å². The minimum atomic E-state index is -0.451. The molecule has 0 radical (unpaired) electrons. The summed E-state index contributed by atoms with van der Waals surface area (Å²) in [6.45, 7) is 2.56. The highest BCUT2D eigenvalue weighted by Crippen LogP contribution is 2.33. The average Bonchev–Trinajstić information content (AvgIpc) is 3.23. The van der Waals surface area contributed by atoms with Gasteiger partial charge in [-0.25, -0.2) is 4.98 Å². The van der Waals surface area contributed by atoms with E-state index in [0.29, 0.717) is 34.4 Å². The van der Waals surface area contributed by atoms with Crippen molar-refractivity contribution in [2.24, 2.45) is 0 Å². The molecule has 0 saturated carbocycles. The third-order valence-electron chi connectivity index (χ3n) is 5.11. The standard InChI is InChI=1S/C22H21ClN4O3S/c1-13-10-14(23)11-17-19(13)24-22(31-17)26(9-8-25(2)3)18(28)12-27-20(29)15-6-4-5-7-16(15)21(27)30/h4-7,10-11H,8-9,12H2,1-3H3. The second-order valence-corrected chi connectivity index (χ2v) is 9.10. The Labute approximate surface area is 188 Å². The van der Waals surface area contributed by atoms with Crippen LogP contribution in [-0.4, -0.2) is 66.2 Å². The van der Waals surface area contributed by atoms with E-state index < -0.39 is 11.8 Å². The van der Waals surface area contributed by atoms with E-state index >= 15 is 0 Å². The third-order valence-corrected chi connectivity index (χ3v) is 6.36. The van der Waals surface area contributed by atoms with Crippen LogP contribution >= 0.6 is 22.9 Å². The van der Waals surface area contributed by atoms with Crippen molar-refractivity contribution in [3.8, 4) is 0 Å². The lowest BCUT2D eigenvalue weighted by Gasteiger charge is -2.24. The Hall–Kier alpha value is -2.81. The molecule has 1 aromatic heterocycles. The molecular formula is C22H21ClN4O3S. The summed E-state index contributed by atoms with van der Waals surface area (Å²) in [4.78, 5) is 47.8. The number of thiazole rings is 1. The molecule has 0 saturated heterocycles. The van der Waals surface area contributed by atoms with Crippen molar-refractivity contribution in [1.29, 1.82) is 0 Å². The maximum atomic E-state index is 13.3. The molecule has 4 rings (SSSR count). The van der Waals surface area contributed by atoms with Gasteiger partial charge in [0.1, 0.15) is 6.54 Å². The number of nitrogens with zero attached hydrogens (tertiary/aromatic N) is 4. The van der Waals surface area contributed by atoms with E-state index in [1.54, 1.807) is 29.2 Å². The molecule has 0 spiro atoms. The molecule has 2 heterocycles. The van der Waals surface area contributed by atoms with Crippen LogP contribution in [0.15, 0.2) is 36.4 Å². The number of rotatable bonds is 6. The van der Waals surface area contributed by atoms with Gasteiger partial charge < -0.3 is 4.90 Å². The van der Waals surface area contributed by atoms with E-state index in [4.69, 9.17) is 11.6 Å². The summed E-state index contributed by atoms with van der Waals surface area (Å²) in [6, 6.07) is 10.3. The molecule has 3 amide bonds. The van der Waals surface area contributed by atoms with Crippen LogP contribution in [0.4, 0.5) is 5.13 Å². The van der Waals surface area contributed by atoms with Gasteiger partial charge in [0.05, 0.1) is 21.3 Å². The zero-order valence-corrected chi connectivity index (χ0v) is 19.0. The van der Waals surface area contributed by atoms with Gasteiger partial charge in [-0.2, -0.15) is 0 Å². The van der Waals surface area contributed by atoms with Crippen LogP contribution in [-0.2, 0) is 4.79 Å². The maximum Gasteiger partial charge on any atom is 0.262 e. The topological polar surface area (TPSA) is 73.8 Å². The van der Waals surface area contributed by atoms with Gasteiger partial charge in [0.25, 0.3) is 11.8 Å². The lowest BCUT2D eigenvalue weighted by Crippen LogP contribution is -2.45. The number of carbonyl (C=O) groups excluding carboxylic acids is 3. The van der Waals surface area contributed by atoms with Gasteiger partial charge >= 0.3 is 0 Å². The van der Waals surface area contributed by atoms with Crippen molar-refractivity contribution in [3.63, 3.8) is 0 Å². The van der Waals surface area contributed by atoms with Crippen LogP contribution in [0, 0.1) is 6.92 Å². The van der Waals surface area contributed by atoms with Gasteiger partial charge in [0, 0.05) is 18.1 Å². The Morgan fingerprint density at radius 1 is 1.10 bits per heavy atom. The number of likely N-dealkylation sites (N-methyl/N-ethyl adjacent to an activating group) is 1. The largest absolute Gasteiger partial charge is 0.308 e. The number of aromatic nitrogens is 1. The van der Waals surface area contributed by atoms with Crippen LogP contribution in [0.1, 0.15) is 26.3 Å². The van der Waals surface area contributed by atoms with Gasteiger partial charge in [-0.05, 0) is 50.8 Å². The second kappa shape index (κ2) is 8.37. The monoisotopic (exact) mass is 456 g/mol. The molecule has 0 unspecified atom stereocenters. The SMILES string of the molecule is Cc1cc(Cl)cc2sc(N(CCN(C)C)C(=O)CN3C(=O)c4ccccc4C3=O)nc12. The maximum absolute atomic E-state index is 13.3. The van der Waals surface area contributed by atoms with Gasteiger partial charge in [0.15, 0.2) is 5.13 Å². The lowest BCUT2D eigenvalue weighted by atomic mass is 10.1. The number of fused-ring (bicyclic) bond motifs is 2. The summed E-state index contributed by atoms with van der Waals surface area (Å²) in [5.74, 6) is -1.26. The molecule has 0 bridgehead atoms. The highest BCUT2D eigenvalue weighted by atomic mass is 35.5. The van der Waals surface area contributed by atoms with E-state index in [9.17, 15) is 14.4 Å². The summed E-state index contributed by atoms with van der Waals surface area (Å²) < 4.78 is 0.878. The molecule has 31 heavy (non-hydrogen) atoms. The number of hydrogen-bond acceptors (Lipinski definition) is 6. The average molecular weight is 457 g/mol. The summed E-state index contributed by atoms with van der Waals surface area (Å²) in [6.07, 6.45) is 0. The molecule has 160 valence electrons. The van der Waals surface area contributed by atoms with Crippen molar-refractivity contribution >= 4 is 56.0 Å². The number of amides is 3. The minimum absolute atomic E-state index is 0.324. The van der Waals surface area contributed by atoms with E-state index in [0.717, 1.165) is 20.7 Å². The molecule has 0 atom stereocenters. The van der Waals surface area contributed by atoms with Crippen LogP contribution < -0.4 is 4.90 Å². The molecule has 1 aliphatic heterocycles. The van der Waals surface area contributed by atoms with Gasteiger partial charge in [-0.3, -0.25) is 24.2 Å². The number of imide groups is 1. The Morgan fingerprint density at radius 2 is 1.74 bits per heavy atom. The van der Waals surface area contributed by atoms with Crippen molar-refractivity contribution in [2.45, 2.75) is 6.92 Å². The molecule has 0 fully saturated rings. The second-order valence-electron chi connectivity index (χ2n) is 7.66. The molecule has 0 aliphatic carbocycles. The highest BCUT2D eigenvalue weighted by molar-refractivity contribution is 7.22. The number of hydrogen-bond donors (Lipinski definition) is 0. The fourth-order valence-electron chi connectivity index (χ4n) is 3.49. The molecule has 3 aromatic rings. The van der Waals surface area contributed by atoms with E-state index in [1.165, 1.54) is 11.3 Å². The lowest BCUT2D eigenvalue weighted by molar-refractivity contribution is -0.119. The highest BCUT2D eigenvalue weighted by Gasteiger charge is 2.37. The zero-order chi connectivity index (χ0) is 22.3. The van der Waals surface area contributed by atoms with Gasteiger partial charge in [-0.1, -0.05) is 35.1 Å². The fourth-order valence-corrected chi connectivity index (χ4v) is 4.95. The summed E-state index contributed by atoms with van der Waals surface area (Å²) >= 11 is 7.54. The van der Waals surface area contributed by atoms with E-state index in [-0.39, 0.29) is 12.5 Å². The number of halogens is 1. The first-order valence-corrected chi connectivity index (χ1v) is 10.9. The smallest absolute Gasteiger partial charge is 0.262 e. The molecule has 2 aromatic carbocycles. The first-order chi connectivity index (χ1) is 14.8. The van der Waals surface area contributed by atoms with Crippen molar-refractivity contribution < 1.29 is 14.4 Å². The number of benzene rings is 2. The quantitative estimate of drug-likeness (QED) is 0.531. The normalized spacial score (nSPS) is 13.4. The molecule has 9 heteroatoms. The zero-order valence-electron chi connectivity index (χ0n) is 17.4. The number of anilines is 1. The Kier molecular flexibility index (Phi) is 5.79. The third kappa shape index (κ3) is 4.06.